The molecule has 0 saturated heterocycles. The van der Waals surface area contributed by atoms with E-state index >= 15 is 0 Å². The summed E-state index contributed by atoms with van der Waals surface area (Å²) in [7, 11) is 0. The summed E-state index contributed by atoms with van der Waals surface area (Å²) >= 11 is 5.75. The van der Waals surface area contributed by atoms with Crippen LogP contribution in [0.5, 0.6) is 0 Å². The van der Waals surface area contributed by atoms with Crippen LogP contribution in [0, 0.1) is 0 Å². The summed E-state index contributed by atoms with van der Waals surface area (Å²) < 4.78 is 1.63. The van der Waals surface area contributed by atoms with Gasteiger partial charge in [-0.3, -0.25) is 0 Å². The number of nitrogens with zero attached hydrogens (tertiary/aromatic N) is 4. The van der Waals surface area contributed by atoms with E-state index in [2.05, 4.69) is 35.8 Å². The minimum absolute atomic E-state index is 0.0693. The van der Waals surface area contributed by atoms with Crippen molar-refractivity contribution in [3.63, 3.8) is 0 Å². The quantitative estimate of drug-likeness (QED) is 0.626. The highest BCUT2D eigenvalue weighted by Crippen LogP contribution is 2.18. The first kappa shape index (κ1) is 9.40. The fourth-order valence-electron chi connectivity index (χ4n) is 1.07. The Kier molecular flexibility index (Phi) is 1.96. The zero-order chi connectivity index (χ0) is 10.3. The highest BCUT2D eigenvalue weighted by molar-refractivity contribution is 6.29. The molecule has 0 amide bonds. The molecule has 5 heteroatoms. The van der Waals surface area contributed by atoms with Gasteiger partial charge in [0.25, 0.3) is 5.78 Å². The zero-order valence-corrected chi connectivity index (χ0v) is 9.08. The summed E-state index contributed by atoms with van der Waals surface area (Å²) in [5.41, 5.74) is -0.0693. The average Bonchev–Trinajstić information content (AvgIpc) is 2.45. The zero-order valence-electron chi connectivity index (χ0n) is 8.32. The van der Waals surface area contributed by atoms with Gasteiger partial charge in [-0.2, -0.15) is 9.97 Å². The van der Waals surface area contributed by atoms with Crippen molar-refractivity contribution in [1.82, 2.24) is 19.6 Å². The summed E-state index contributed by atoms with van der Waals surface area (Å²) in [4.78, 5) is 8.37. The molecule has 2 rings (SSSR count). The molecule has 14 heavy (non-hydrogen) atoms. The Hall–Kier alpha value is -1.16. The van der Waals surface area contributed by atoms with Gasteiger partial charge in [-0.05, 0) is 6.07 Å². The minimum atomic E-state index is -0.0693. The minimum Gasteiger partial charge on any atom is -0.204 e. The number of rotatable bonds is 0. The summed E-state index contributed by atoms with van der Waals surface area (Å²) in [6.45, 7) is 6.18. The van der Waals surface area contributed by atoms with Gasteiger partial charge in [0.15, 0.2) is 5.82 Å². The molecule has 2 heterocycles. The van der Waals surface area contributed by atoms with Gasteiger partial charge < -0.3 is 0 Å². The largest absolute Gasteiger partial charge is 0.253 e. The molecule has 2 aromatic rings. The van der Waals surface area contributed by atoms with Crippen LogP contribution in [0.25, 0.3) is 5.78 Å². The van der Waals surface area contributed by atoms with E-state index in [1.807, 2.05) is 0 Å². The van der Waals surface area contributed by atoms with Crippen molar-refractivity contribution in [2.24, 2.45) is 0 Å². The van der Waals surface area contributed by atoms with Gasteiger partial charge in [0, 0.05) is 11.6 Å². The Morgan fingerprint density at radius 3 is 2.64 bits per heavy atom. The van der Waals surface area contributed by atoms with Crippen LogP contribution in [0.15, 0.2) is 12.3 Å². The van der Waals surface area contributed by atoms with Crippen molar-refractivity contribution in [2.75, 3.05) is 0 Å². The predicted molar refractivity (Wildman–Crippen MR) is 54.5 cm³/mol. The Morgan fingerprint density at radius 1 is 1.29 bits per heavy atom. The molecule has 0 spiro atoms. The van der Waals surface area contributed by atoms with E-state index in [0.717, 1.165) is 5.82 Å². The topological polar surface area (TPSA) is 43.1 Å². The normalized spacial score (nSPS) is 12.3. The molecule has 0 aliphatic rings. The lowest BCUT2D eigenvalue weighted by molar-refractivity contribution is 0.545. The number of fused-ring (bicyclic) bond motifs is 1. The molecule has 0 radical (unpaired) electrons. The van der Waals surface area contributed by atoms with E-state index < -0.39 is 0 Å². The summed E-state index contributed by atoms with van der Waals surface area (Å²) in [5, 5.41) is 4.75. The molecular weight excluding hydrogens is 200 g/mol. The lowest BCUT2D eigenvalue weighted by Crippen LogP contribution is -2.13. The fraction of sp³-hybridized carbons (Fsp3) is 0.444. The van der Waals surface area contributed by atoms with Crippen LogP contribution in [0.1, 0.15) is 26.6 Å². The van der Waals surface area contributed by atoms with Crippen molar-refractivity contribution in [1.29, 1.82) is 0 Å². The van der Waals surface area contributed by atoms with Crippen molar-refractivity contribution in [3.8, 4) is 0 Å². The van der Waals surface area contributed by atoms with Crippen LogP contribution in [0.3, 0.4) is 0 Å². The van der Waals surface area contributed by atoms with Gasteiger partial charge in [0.2, 0.25) is 0 Å². The molecule has 0 atom stereocenters. The molecule has 0 fully saturated rings. The second kappa shape index (κ2) is 2.92. The molecule has 0 aliphatic heterocycles. The van der Waals surface area contributed by atoms with Crippen molar-refractivity contribution >= 4 is 17.4 Å². The van der Waals surface area contributed by atoms with Crippen molar-refractivity contribution < 1.29 is 0 Å². The molecule has 74 valence electrons. The molecular formula is C9H11ClN4. The Balaban J connectivity index is 2.63. The maximum absolute atomic E-state index is 5.75. The first-order chi connectivity index (χ1) is 6.47. The number of hydrogen-bond acceptors (Lipinski definition) is 3. The van der Waals surface area contributed by atoms with Crippen molar-refractivity contribution in [2.45, 2.75) is 26.2 Å². The highest BCUT2D eigenvalue weighted by Gasteiger charge is 2.19. The van der Waals surface area contributed by atoms with Crippen LogP contribution in [0.2, 0.25) is 5.15 Å². The molecule has 0 aliphatic carbocycles. The molecule has 0 N–H and O–H groups in total. The molecule has 0 bridgehead atoms. The predicted octanol–water partition coefficient (Wildman–Crippen LogP) is 2.08. The SMILES string of the molecule is CC(C)(C)c1nc2nc(Cl)ccn2n1. The van der Waals surface area contributed by atoms with E-state index in [1.54, 1.807) is 16.8 Å². The molecule has 0 aromatic carbocycles. The van der Waals surface area contributed by atoms with E-state index in [1.165, 1.54) is 0 Å². The number of aromatic nitrogens is 4. The third kappa shape index (κ3) is 1.57. The lowest BCUT2D eigenvalue weighted by atomic mass is 9.96. The number of hydrogen-bond donors (Lipinski definition) is 0. The third-order valence-electron chi connectivity index (χ3n) is 1.84. The Bertz CT molecular complexity index is 469. The Labute approximate surface area is 86.9 Å². The standard InChI is InChI=1S/C9H11ClN4/c1-9(2,3)7-12-8-11-6(10)4-5-14(8)13-7/h4-5H,1-3H3. The first-order valence-corrected chi connectivity index (χ1v) is 4.74. The van der Waals surface area contributed by atoms with E-state index in [-0.39, 0.29) is 5.41 Å². The second-order valence-corrected chi connectivity index (χ2v) is 4.57. The van der Waals surface area contributed by atoms with E-state index in [4.69, 9.17) is 11.6 Å². The maximum atomic E-state index is 5.75. The van der Waals surface area contributed by atoms with Gasteiger partial charge in [-0.25, -0.2) is 4.52 Å². The summed E-state index contributed by atoms with van der Waals surface area (Å²) in [6.07, 6.45) is 1.76. The summed E-state index contributed by atoms with van der Waals surface area (Å²) in [6, 6.07) is 1.69. The Morgan fingerprint density at radius 2 is 2.00 bits per heavy atom. The van der Waals surface area contributed by atoms with Crippen LogP contribution >= 0.6 is 11.6 Å². The third-order valence-corrected chi connectivity index (χ3v) is 2.05. The average molecular weight is 211 g/mol. The first-order valence-electron chi connectivity index (χ1n) is 4.36. The van der Waals surface area contributed by atoms with Gasteiger partial charge in [0.1, 0.15) is 5.15 Å². The maximum Gasteiger partial charge on any atom is 0.253 e. The van der Waals surface area contributed by atoms with E-state index in [0.29, 0.717) is 10.9 Å². The van der Waals surface area contributed by atoms with E-state index in [9.17, 15) is 0 Å². The second-order valence-electron chi connectivity index (χ2n) is 4.18. The van der Waals surface area contributed by atoms with Crippen LogP contribution in [0.4, 0.5) is 0 Å². The lowest BCUT2D eigenvalue weighted by Gasteiger charge is -2.11. The molecule has 0 unspecified atom stereocenters. The van der Waals surface area contributed by atoms with Gasteiger partial charge in [0.05, 0.1) is 0 Å². The van der Waals surface area contributed by atoms with Crippen LogP contribution in [-0.2, 0) is 5.41 Å². The highest BCUT2D eigenvalue weighted by atomic mass is 35.5. The molecule has 2 aromatic heterocycles. The van der Waals surface area contributed by atoms with Crippen LogP contribution < -0.4 is 0 Å². The van der Waals surface area contributed by atoms with Crippen LogP contribution in [-0.4, -0.2) is 19.6 Å². The molecule has 0 saturated carbocycles. The summed E-state index contributed by atoms with van der Waals surface area (Å²) in [5.74, 6) is 1.31. The molecule has 4 nitrogen and oxygen atoms in total. The van der Waals surface area contributed by atoms with Gasteiger partial charge in [-0.15, -0.1) is 5.10 Å². The smallest absolute Gasteiger partial charge is 0.204 e. The van der Waals surface area contributed by atoms with Gasteiger partial charge >= 0.3 is 0 Å². The van der Waals surface area contributed by atoms with Crippen molar-refractivity contribution in [3.05, 3.63) is 23.2 Å². The number of halogens is 1. The monoisotopic (exact) mass is 210 g/mol. The van der Waals surface area contributed by atoms with Gasteiger partial charge in [-0.1, -0.05) is 32.4 Å². The fourth-order valence-corrected chi connectivity index (χ4v) is 1.21.